The number of carbonyl (C=O) groups is 2. The topological polar surface area (TPSA) is 100 Å². The number of hydrazone groups is 1. The van der Waals surface area contributed by atoms with E-state index in [0.717, 1.165) is 18.2 Å². The van der Waals surface area contributed by atoms with Crippen molar-refractivity contribution in [2.24, 2.45) is 5.10 Å². The van der Waals surface area contributed by atoms with Crippen molar-refractivity contribution < 1.29 is 32.6 Å². The number of phenols is 1. The zero-order valence-electron chi connectivity index (χ0n) is 14.9. The molecule has 0 saturated heterocycles. The van der Waals surface area contributed by atoms with Crippen LogP contribution >= 0.6 is 15.9 Å². The third-order valence-corrected chi connectivity index (χ3v) is 4.07. The highest BCUT2D eigenvalue weighted by molar-refractivity contribution is 9.10. The number of hydrogen-bond donors (Lipinski definition) is 3. The number of alkyl halides is 3. The Morgan fingerprint density at radius 3 is 2.62 bits per heavy atom. The van der Waals surface area contributed by atoms with Gasteiger partial charge in [-0.25, -0.2) is 5.43 Å². The number of methoxy groups -OCH3 is 1. The summed E-state index contributed by atoms with van der Waals surface area (Å²) in [6.07, 6.45) is -3.93. The van der Waals surface area contributed by atoms with Gasteiger partial charge in [0.2, 0.25) is 11.8 Å². The summed E-state index contributed by atoms with van der Waals surface area (Å²) in [6, 6.07) is 7.05. The van der Waals surface area contributed by atoms with Crippen molar-refractivity contribution in [3.8, 4) is 11.5 Å². The fourth-order valence-electron chi connectivity index (χ4n) is 2.17. The molecule has 0 fully saturated rings. The largest absolute Gasteiger partial charge is 0.503 e. The molecule has 0 radical (unpaired) electrons. The van der Waals surface area contributed by atoms with Gasteiger partial charge in [-0.15, -0.1) is 0 Å². The number of nitrogens with zero attached hydrogens (tertiary/aromatic N) is 1. The van der Waals surface area contributed by atoms with Gasteiger partial charge < -0.3 is 15.2 Å². The molecule has 2 rings (SSSR count). The van der Waals surface area contributed by atoms with Gasteiger partial charge in [0.25, 0.3) is 0 Å². The Morgan fingerprint density at radius 2 is 1.97 bits per heavy atom. The van der Waals surface area contributed by atoms with Gasteiger partial charge in [-0.05, 0) is 51.8 Å². The van der Waals surface area contributed by atoms with E-state index in [1.807, 2.05) is 0 Å². The summed E-state index contributed by atoms with van der Waals surface area (Å²) < 4.78 is 43.3. The Labute approximate surface area is 171 Å². The van der Waals surface area contributed by atoms with Gasteiger partial charge in [0.15, 0.2) is 11.5 Å². The summed E-state index contributed by atoms with van der Waals surface area (Å²) in [5, 5.41) is 15.6. The number of ether oxygens (including phenoxy) is 1. The minimum Gasteiger partial charge on any atom is -0.503 e. The van der Waals surface area contributed by atoms with Crippen molar-refractivity contribution >= 4 is 39.6 Å². The molecule has 0 spiro atoms. The number of hydrogen-bond acceptors (Lipinski definition) is 5. The number of rotatable bonds is 6. The molecule has 0 bridgehead atoms. The van der Waals surface area contributed by atoms with Crippen molar-refractivity contribution in [3.05, 3.63) is 52.0 Å². The van der Waals surface area contributed by atoms with Gasteiger partial charge in [-0.1, -0.05) is 6.07 Å². The number of benzene rings is 2. The summed E-state index contributed by atoms with van der Waals surface area (Å²) in [7, 11) is 1.37. The smallest absolute Gasteiger partial charge is 0.416 e. The lowest BCUT2D eigenvalue weighted by molar-refractivity contribution is -0.137. The average molecular weight is 474 g/mol. The molecule has 0 aliphatic carbocycles. The molecule has 154 valence electrons. The molecule has 0 atom stereocenters. The molecule has 0 unspecified atom stereocenters. The molecular weight excluding hydrogens is 459 g/mol. The maximum absolute atomic E-state index is 12.7. The van der Waals surface area contributed by atoms with E-state index in [1.54, 1.807) is 0 Å². The normalized spacial score (nSPS) is 11.3. The van der Waals surface area contributed by atoms with Crippen LogP contribution in [0.2, 0.25) is 0 Å². The molecule has 29 heavy (non-hydrogen) atoms. The zero-order chi connectivity index (χ0) is 21.6. The van der Waals surface area contributed by atoms with Crippen LogP contribution in [-0.4, -0.2) is 30.2 Å². The summed E-state index contributed by atoms with van der Waals surface area (Å²) in [5.41, 5.74) is 1.61. The highest BCUT2D eigenvalue weighted by atomic mass is 79.9. The number of aromatic hydroxyl groups is 1. The summed E-state index contributed by atoms with van der Waals surface area (Å²) in [4.78, 5) is 23.6. The third kappa shape index (κ3) is 6.49. The Balaban J connectivity index is 1.92. The van der Waals surface area contributed by atoms with E-state index < -0.39 is 30.0 Å². The predicted molar refractivity (Wildman–Crippen MR) is 103 cm³/mol. The van der Waals surface area contributed by atoms with Crippen molar-refractivity contribution in [1.82, 2.24) is 5.43 Å². The Hall–Kier alpha value is -3.08. The first-order valence-corrected chi connectivity index (χ1v) is 8.75. The lowest BCUT2D eigenvalue weighted by Gasteiger charge is -2.09. The van der Waals surface area contributed by atoms with E-state index >= 15 is 0 Å². The van der Waals surface area contributed by atoms with Crippen LogP contribution in [0.4, 0.5) is 18.9 Å². The van der Waals surface area contributed by atoms with Gasteiger partial charge in [-0.2, -0.15) is 18.3 Å². The molecule has 0 saturated carbocycles. The van der Waals surface area contributed by atoms with Crippen molar-refractivity contribution in [1.29, 1.82) is 0 Å². The Bertz CT molecular complexity index is 948. The van der Waals surface area contributed by atoms with Crippen LogP contribution < -0.4 is 15.5 Å². The second kappa shape index (κ2) is 9.41. The van der Waals surface area contributed by atoms with Crippen LogP contribution in [0.5, 0.6) is 11.5 Å². The van der Waals surface area contributed by atoms with Crippen LogP contribution in [0.15, 0.2) is 46.0 Å². The van der Waals surface area contributed by atoms with Gasteiger partial charge in [0, 0.05) is 5.69 Å². The van der Waals surface area contributed by atoms with E-state index in [9.17, 15) is 27.9 Å². The van der Waals surface area contributed by atoms with Gasteiger partial charge in [-0.3, -0.25) is 9.59 Å². The molecule has 0 heterocycles. The van der Waals surface area contributed by atoms with Crippen LogP contribution in [0.25, 0.3) is 0 Å². The van der Waals surface area contributed by atoms with Gasteiger partial charge in [0.05, 0.1) is 23.4 Å². The minimum atomic E-state index is -4.54. The maximum Gasteiger partial charge on any atom is 0.416 e. The van der Waals surface area contributed by atoms with E-state index in [0.29, 0.717) is 10.0 Å². The molecule has 11 heteroatoms. The van der Waals surface area contributed by atoms with E-state index in [1.165, 1.54) is 31.5 Å². The first-order valence-electron chi connectivity index (χ1n) is 7.95. The lowest BCUT2D eigenvalue weighted by atomic mass is 10.2. The van der Waals surface area contributed by atoms with Crippen LogP contribution in [0.3, 0.4) is 0 Å². The average Bonchev–Trinajstić information content (AvgIpc) is 2.63. The van der Waals surface area contributed by atoms with Crippen molar-refractivity contribution in [3.63, 3.8) is 0 Å². The van der Waals surface area contributed by atoms with Gasteiger partial charge >= 0.3 is 6.18 Å². The fraction of sp³-hybridized carbons (Fsp3) is 0.167. The summed E-state index contributed by atoms with van der Waals surface area (Å²) in [5.74, 6) is -1.48. The quantitative estimate of drug-likeness (QED) is 0.338. The van der Waals surface area contributed by atoms with Crippen molar-refractivity contribution in [2.45, 2.75) is 12.6 Å². The Kier molecular flexibility index (Phi) is 7.21. The Morgan fingerprint density at radius 1 is 1.24 bits per heavy atom. The molecule has 7 nitrogen and oxygen atoms in total. The summed E-state index contributed by atoms with van der Waals surface area (Å²) in [6.45, 7) is 0. The van der Waals surface area contributed by atoms with Crippen LogP contribution in [-0.2, 0) is 15.8 Å². The first kappa shape index (κ1) is 22.2. The molecule has 0 aromatic heterocycles. The highest BCUT2D eigenvalue weighted by Crippen LogP contribution is 2.34. The molecule has 2 aromatic rings. The highest BCUT2D eigenvalue weighted by Gasteiger charge is 2.30. The minimum absolute atomic E-state index is 0.0813. The predicted octanol–water partition coefficient (Wildman–Crippen LogP) is 3.66. The van der Waals surface area contributed by atoms with E-state index in [4.69, 9.17) is 4.74 Å². The monoisotopic (exact) mass is 473 g/mol. The molecule has 2 aromatic carbocycles. The molecule has 2 amide bonds. The SMILES string of the molecule is COc1cc(/C=N/NC(=O)CC(=O)Nc2cccc(C(F)(F)F)c2)cc(Br)c1O. The number of carbonyl (C=O) groups excluding carboxylic acids is 2. The number of anilines is 1. The number of nitrogens with one attached hydrogen (secondary N) is 2. The molecule has 3 N–H and O–H groups in total. The number of phenolic OH excluding ortho intramolecular Hbond substituents is 1. The first-order chi connectivity index (χ1) is 13.6. The zero-order valence-corrected chi connectivity index (χ0v) is 16.5. The van der Waals surface area contributed by atoms with Crippen LogP contribution in [0.1, 0.15) is 17.5 Å². The van der Waals surface area contributed by atoms with Crippen LogP contribution in [0, 0.1) is 0 Å². The number of amides is 2. The second-order valence-corrected chi connectivity index (χ2v) is 6.50. The molecular formula is C18H15BrF3N3O4. The van der Waals surface area contributed by atoms with E-state index in [-0.39, 0.29) is 17.2 Å². The lowest BCUT2D eigenvalue weighted by Crippen LogP contribution is -2.24. The maximum atomic E-state index is 12.7. The standard InChI is InChI=1S/C18H15BrF3N3O4/c1-29-14-6-10(5-13(19)17(14)28)9-23-25-16(27)8-15(26)24-12-4-2-3-11(7-12)18(20,21)22/h2-7,9,28H,8H2,1H3,(H,24,26)(H,25,27)/b23-9+. The van der Waals surface area contributed by atoms with E-state index in [2.05, 4.69) is 31.8 Å². The second-order valence-electron chi connectivity index (χ2n) is 5.65. The number of halogens is 4. The third-order valence-electron chi connectivity index (χ3n) is 3.47. The fourth-order valence-corrected chi connectivity index (χ4v) is 2.63. The molecule has 0 aliphatic rings. The van der Waals surface area contributed by atoms with Crippen molar-refractivity contribution in [2.75, 3.05) is 12.4 Å². The van der Waals surface area contributed by atoms with Gasteiger partial charge in [0.1, 0.15) is 6.42 Å². The molecule has 0 aliphatic heterocycles. The summed E-state index contributed by atoms with van der Waals surface area (Å²) >= 11 is 3.14.